The van der Waals surface area contributed by atoms with Crippen LogP contribution in [0.3, 0.4) is 0 Å². The third kappa shape index (κ3) is 4.81. The van der Waals surface area contributed by atoms with E-state index in [-0.39, 0.29) is 47.5 Å². The van der Waals surface area contributed by atoms with Crippen molar-refractivity contribution < 1.29 is 14.3 Å². The van der Waals surface area contributed by atoms with Crippen LogP contribution in [0.5, 0.6) is 5.75 Å². The number of nitrogens with two attached hydrogens (primary N) is 1. The maximum Gasteiger partial charge on any atom is 0.250 e. The Balaban J connectivity index is 1.81. The van der Waals surface area contributed by atoms with Crippen LogP contribution < -0.4 is 16.0 Å². The number of pyridine rings is 1. The molecule has 0 aliphatic carbocycles. The molecule has 3 rings (SSSR count). The molecular formula is C21H20FN7O2. The van der Waals surface area contributed by atoms with Crippen LogP contribution in [-0.2, 0) is 4.79 Å². The van der Waals surface area contributed by atoms with E-state index >= 15 is 0 Å². The molecule has 0 aliphatic rings. The summed E-state index contributed by atoms with van der Waals surface area (Å²) in [5.74, 6) is -1.38. The minimum Gasteiger partial charge on any atom is -0.505 e. The SMILES string of the molecule is C=CC(=O)N(CCNc1ncnc(N)c1C(=N)c1ccc(F)c(O)c1)c1cccnc1. The summed E-state index contributed by atoms with van der Waals surface area (Å²) in [5.41, 5.74) is 6.90. The highest BCUT2D eigenvalue weighted by atomic mass is 19.1. The molecule has 2 heterocycles. The van der Waals surface area contributed by atoms with Gasteiger partial charge in [0, 0.05) is 24.8 Å². The molecule has 31 heavy (non-hydrogen) atoms. The Morgan fingerprint density at radius 3 is 2.84 bits per heavy atom. The van der Waals surface area contributed by atoms with Crippen molar-refractivity contribution in [2.45, 2.75) is 0 Å². The zero-order valence-corrected chi connectivity index (χ0v) is 16.4. The normalized spacial score (nSPS) is 10.4. The topological polar surface area (TPSA) is 141 Å². The van der Waals surface area contributed by atoms with Crippen LogP contribution in [0.2, 0.25) is 0 Å². The molecule has 5 N–H and O–H groups in total. The zero-order valence-electron chi connectivity index (χ0n) is 16.4. The summed E-state index contributed by atoms with van der Waals surface area (Å²) in [6, 6.07) is 6.99. The minimum atomic E-state index is -0.797. The fourth-order valence-electron chi connectivity index (χ4n) is 2.87. The number of carbonyl (C=O) groups is 1. The van der Waals surface area contributed by atoms with E-state index in [4.69, 9.17) is 11.1 Å². The summed E-state index contributed by atoms with van der Waals surface area (Å²) in [6.45, 7) is 4.04. The molecular weight excluding hydrogens is 401 g/mol. The fraction of sp³-hybridized carbons (Fsp3) is 0.0952. The highest BCUT2D eigenvalue weighted by Crippen LogP contribution is 2.24. The third-order valence-electron chi connectivity index (χ3n) is 4.39. The number of anilines is 3. The predicted octanol–water partition coefficient (Wildman–Crippen LogP) is 2.35. The molecule has 158 valence electrons. The molecule has 0 bridgehead atoms. The van der Waals surface area contributed by atoms with Gasteiger partial charge in [0.05, 0.1) is 23.2 Å². The van der Waals surface area contributed by atoms with Crippen molar-refractivity contribution in [3.63, 3.8) is 0 Å². The van der Waals surface area contributed by atoms with Crippen molar-refractivity contribution >= 4 is 28.9 Å². The molecule has 0 atom stereocenters. The first-order valence-corrected chi connectivity index (χ1v) is 9.18. The largest absolute Gasteiger partial charge is 0.505 e. The summed E-state index contributed by atoms with van der Waals surface area (Å²) in [6.07, 6.45) is 5.61. The Kier molecular flexibility index (Phi) is 6.51. The number of nitrogen functional groups attached to an aromatic ring is 1. The van der Waals surface area contributed by atoms with Gasteiger partial charge >= 0.3 is 0 Å². The van der Waals surface area contributed by atoms with Gasteiger partial charge in [-0.25, -0.2) is 14.4 Å². The van der Waals surface area contributed by atoms with E-state index in [2.05, 4.69) is 26.8 Å². The van der Waals surface area contributed by atoms with Crippen molar-refractivity contribution in [1.29, 1.82) is 5.41 Å². The number of benzene rings is 1. The summed E-state index contributed by atoms with van der Waals surface area (Å²) in [4.78, 5) is 25.8. The standard InChI is InChI=1S/C21H20FN7O2/c1-2-17(31)29(14-4-3-7-25-11-14)9-8-26-21-18(20(24)27-12-28-21)19(23)13-5-6-15(22)16(30)10-13/h2-7,10-12,23,30H,1,8-9H2,(H3,24,26,27,28). The van der Waals surface area contributed by atoms with Crippen LogP contribution >= 0.6 is 0 Å². The summed E-state index contributed by atoms with van der Waals surface area (Å²) in [5, 5.41) is 21.1. The van der Waals surface area contributed by atoms with Gasteiger partial charge in [-0.15, -0.1) is 0 Å². The molecule has 0 aliphatic heterocycles. The van der Waals surface area contributed by atoms with Crippen LogP contribution in [-0.4, -0.2) is 44.8 Å². The van der Waals surface area contributed by atoms with Crippen molar-refractivity contribution in [2.75, 3.05) is 29.0 Å². The predicted molar refractivity (Wildman–Crippen MR) is 116 cm³/mol. The van der Waals surface area contributed by atoms with E-state index in [1.807, 2.05) is 0 Å². The number of nitrogens with zero attached hydrogens (tertiary/aromatic N) is 4. The quantitative estimate of drug-likeness (QED) is 0.323. The molecule has 2 aromatic heterocycles. The lowest BCUT2D eigenvalue weighted by atomic mass is 10.0. The second-order valence-corrected chi connectivity index (χ2v) is 6.36. The highest BCUT2D eigenvalue weighted by molar-refractivity contribution is 6.16. The van der Waals surface area contributed by atoms with Gasteiger partial charge in [-0.1, -0.05) is 6.58 Å². The Labute approximate surface area is 177 Å². The van der Waals surface area contributed by atoms with E-state index in [1.54, 1.807) is 24.5 Å². The second-order valence-electron chi connectivity index (χ2n) is 6.36. The monoisotopic (exact) mass is 421 g/mol. The minimum absolute atomic E-state index is 0.0394. The first-order valence-electron chi connectivity index (χ1n) is 9.18. The van der Waals surface area contributed by atoms with Gasteiger partial charge in [0.25, 0.3) is 0 Å². The number of phenols is 1. The summed E-state index contributed by atoms with van der Waals surface area (Å²) >= 11 is 0. The van der Waals surface area contributed by atoms with E-state index in [0.717, 1.165) is 12.1 Å². The number of amides is 1. The van der Waals surface area contributed by atoms with Gasteiger partial charge in [0.15, 0.2) is 11.6 Å². The van der Waals surface area contributed by atoms with Crippen molar-refractivity contribution in [2.24, 2.45) is 0 Å². The number of phenolic OH excluding ortho intramolecular Hbond substituents is 1. The van der Waals surface area contributed by atoms with Gasteiger partial charge in [0.2, 0.25) is 5.91 Å². The van der Waals surface area contributed by atoms with Crippen molar-refractivity contribution in [3.8, 4) is 5.75 Å². The van der Waals surface area contributed by atoms with Gasteiger partial charge in [-0.05, 0) is 36.4 Å². The Bertz CT molecular complexity index is 1120. The Morgan fingerprint density at radius 1 is 1.35 bits per heavy atom. The van der Waals surface area contributed by atoms with Crippen LogP contribution in [0.15, 0.2) is 61.7 Å². The van der Waals surface area contributed by atoms with Crippen molar-refractivity contribution in [3.05, 3.63) is 78.7 Å². The molecule has 0 fully saturated rings. The van der Waals surface area contributed by atoms with Gasteiger partial charge in [0.1, 0.15) is 18.0 Å². The number of hydrogen-bond acceptors (Lipinski definition) is 8. The molecule has 0 unspecified atom stereocenters. The van der Waals surface area contributed by atoms with Crippen LogP contribution in [0, 0.1) is 11.2 Å². The molecule has 9 nitrogen and oxygen atoms in total. The first-order chi connectivity index (χ1) is 14.9. The molecule has 1 amide bonds. The van der Waals surface area contributed by atoms with Crippen molar-refractivity contribution in [1.82, 2.24) is 15.0 Å². The van der Waals surface area contributed by atoms with E-state index < -0.39 is 11.6 Å². The van der Waals surface area contributed by atoms with Crippen LogP contribution in [0.25, 0.3) is 0 Å². The Hall–Kier alpha value is -4.34. The van der Waals surface area contributed by atoms with Gasteiger partial charge < -0.3 is 21.1 Å². The number of carbonyl (C=O) groups excluding carboxylic acids is 1. The number of aromatic nitrogens is 3. The zero-order chi connectivity index (χ0) is 22.4. The number of rotatable bonds is 8. The number of hydrogen-bond donors (Lipinski definition) is 4. The lowest BCUT2D eigenvalue weighted by molar-refractivity contribution is -0.114. The second kappa shape index (κ2) is 9.44. The smallest absolute Gasteiger partial charge is 0.250 e. The lowest BCUT2D eigenvalue weighted by Gasteiger charge is -2.22. The molecule has 10 heteroatoms. The average molecular weight is 421 g/mol. The third-order valence-corrected chi connectivity index (χ3v) is 4.39. The average Bonchev–Trinajstić information content (AvgIpc) is 2.78. The van der Waals surface area contributed by atoms with Gasteiger partial charge in [-0.3, -0.25) is 15.2 Å². The number of nitrogens with one attached hydrogen (secondary N) is 2. The molecule has 0 saturated carbocycles. The maximum atomic E-state index is 13.4. The molecule has 1 aromatic carbocycles. The number of halogens is 1. The fourth-order valence-corrected chi connectivity index (χ4v) is 2.87. The van der Waals surface area contributed by atoms with Crippen LogP contribution in [0.1, 0.15) is 11.1 Å². The summed E-state index contributed by atoms with van der Waals surface area (Å²) in [7, 11) is 0. The van der Waals surface area contributed by atoms with E-state index in [0.29, 0.717) is 5.69 Å². The Morgan fingerprint density at radius 2 is 2.16 bits per heavy atom. The van der Waals surface area contributed by atoms with E-state index in [9.17, 15) is 14.3 Å². The molecule has 3 aromatic rings. The van der Waals surface area contributed by atoms with E-state index in [1.165, 1.54) is 23.4 Å². The molecule has 0 radical (unpaired) electrons. The molecule has 0 saturated heterocycles. The van der Waals surface area contributed by atoms with Crippen LogP contribution in [0.4, 0.5) is 21.7 Å². The highest BCUT2D eigenvalue weighted by Gasteiger charge is 2.18. The lowest BCUT2D eigenvalue weighted by Crippen LogP contribution is -2.34. The molecule has 0 spiro atoms. The van der Waals surface area contributed by atoms with Gasteiger partial charge in [-0.2, -0.15) is 0 Å². The first kappa shape index (κ1) is 21.4. The number of aromatic hydroxyl groups is 1. The maximum absolute atomic E-state index is 13.4. The summed E-state index contributed by atoms with van der Waals surface area (Å²) < 4.78 is 13.4.